The van der Waals surface area contributed by atoms with Crippen LogP contribution in [0.25, 0.3) is 0 Å². The Morgan fingerprint density at radius 2 is 1.95 bits per heavy atom. The quantitative estimate of drug-likeness (QED) is 0.878. The molecule has 0 spiro atoms. The summed E-state index contributed by atoms with van der Waals surface area (Å²) in [6, 6.07) is 7.29. The zero-order chi connectivity index (χ0) is 14.0. The molecule has 5 nitrogen and oxygen atoms in total. The lowest BCUT2D eigenvalue weighted by Gasteiger charge is -2.30. The number of carbonyl (C=O) groups excluding carboxylic acids is 1. The maximum absolute atomic E-state index is 12.2. The maximum Gasteiger partial charge on any atom is 0.240 e. The predicted octanol–water partition coefficient (Wildman–Crippen LogP) is 0.509. The van der Waals surface area contributed by atoms with E-state index in [1.54, 1.807) is 11.8 Å². The summed E-state index contributed by atoms with van der Waals surface area (Å²) in [7, 11) is -3.37. The van der Waals surface area contributed by atoms with E-state index in [1.807, 2.05) is 18.2 Å². The van der Waals surface area contributed by atoms with Crippen LogP contribution in [0.2, 0.25) is 0 Å². The third-order valence-corrected chi connectivity index (χ3v) is 3.99. The second-order valence-electron chi connectivity index (χ2n) is 4.89. The fourth-order valence-corrected chi connectivity index (χ4v) is 3.07. The van der Waals surface area contributed by atoms with E-state index in [0.29, 0.717) is 13.1 Å². The highest BCUT2D eigenvalue weighted by Crippen LogP contribution is 2.18. The van der Waals surface area contributed by atoms with Gasteiger partial charge in [0.1, 0.15) is 0 Å². The van der Waals surface area contributed by atoms with Gasteiger partial charge in [0.25, 0.3) is 0 Å². The zero-order valence-corrected chi connectivity index (χ0v) is 11.9. The van der Waals surface area contributed by atoms with Crippen molar-refractivity contribution in [3.8, 4) is 0 Å². The Morgan fingerprint density at radius 1 is 1.32 bits per heavy atom. The summed E-state index contributed by atoms with van der Waals surface area (Å²) in [5.74, 6) is -0.181. The average molecular weight is 282 g/mol. The van der Waals surface area contributed by atoms with Crippen molar-refractivity contribution in [2.75, 3.05) is 12.8 Å². The molecule has 6 heteroatoms. The number of hydrogen-bond donors (Lipinski definition) is 1. The molecule has 1 aliphatic heterocycles. The van der Waals surface area contributed by atoms with Crippen molar-refractivity contribution >= 4 is 15.9 Å². The van der Waals surface area contributed by atoms with Crippen molar-refractivity contribution < 1.29 is 13.2 Å². The Balaban J connectivity index is 2.07. The minimum atomic E-state index is -3.37. The third kappa shape index (κ3) is 3.54. The SMILES string of the molecule is C[C@@H](NS(C)(=O)=O)C(=O)N1CCc2ccccc2C1. The third-order valence-electron chi connectivity index (χ3n) is 3.20. The highest BCUT2D eigenvalue weighted by molar-refractivity contribution is 7.88. The van der Waals surface area contributed by atoms with Crippen LogP contribution in [0, 0.1) is 0 Å². The summed E-state index contributed by atoms with van der Waals surface area (Å²) in [6.07, 6.45) is 1.87. The molecular weight excluding hydrogens is 264 g/mol. The van der Waals surface area contributed by atoms with Gasteiger partial charge in [-0.25, -0.2) is 13.1 Å². The lowest BCUT2D eigenvalue weighted by atomic mass is 9.99. The van der Waals surface area contributed by atoms with Crippen LogP contribution in [0.15, 0.2) is 24.3 Å². The topological polar surface area (TPSA) is 66.5 Å². The summed E-state index contributed by atoms with van der Waals surface area (Å²) in [4.78, 5) is 13.9. The van der Waals surface area contributed by atoms with Crippen molar-refractivity contribution in [2.24, 2.45) is 0 Å². The second-order valence-corrected chi connectivity index (χ2v) is 6.67. The van der Waals surface area contributed by atoms with Gasteiger partial charge in [-0.15, -0.1) is 0 Å². The first-order valence-corrected chi connectivity index (χ1v) is 8.09. The lowest BCUT2D eigenvalue weighted by molar-refractivity contribution is -0.133. The molecule has 0 saturated carbocycles. The highest BCUT2D eigenvalue weighted by Gasteiger charge is 2.25. The number of hydrogen-bond acceptors (Lipinski definition) is 3. The Labute approximate surface area is 113 Å². The van der Waals surface area contributed by atoms with Crippen LogP contribution >= 0.6 is 0 Å². The van der Waals surface area contributed by atoms with E-state index in [4.69, 9.17) is 0 Å². The first-order chi connectivity index (χ1) is 8.87. The number of fused-ring (bicyclic) bond motifs is 1. The number of amides is 1. The number of sulfonamides is 1. The van der Waals surface area contributed by atoms with Crippen molar-refractivity contribution in [3.63, 3.8) is 0 Å². The smallest absolute Gasteiger partial charge is 0.240 e. The fraction of sp³-hybridized carbons (Fsp3) is 0.462. The molecule has 0 saturated heterocycles. The van der Waals surface area contributed by atoms with E-state index in [1.165, 1.54) is 5.56 Å². The Bertz CT molecular complexity index is 583. The largest absolute Gasteiger partial charge is 0.337 e. The molecule has 0 fully saturated rings. The van der Waals surface area contributed by atoms with Gasteiger partial charge in [0.2, 0.25) is 15.9 Å². The zero-order valence-electron chi connectivity index (χ0n) is 11.1. The van der Waals surface area contributed by atoms with E-state index in [2.05, 4.69) is 10.8 Å². The number of benzene rings is 1. The molecule has 2 rings (SSSR count). The molecule has 0 aromatic heterocycles. The van der Waals surface area contributed by atoms with Gasteiger partial charge in [-0.1, -0.05) is 24.3 Å². The van der Waals surface area contributed by atoms with Crippen LogP contribution in [0.3, 0.4) is 0 Å². The number of nitrogens with one attached hydrogen (secondary N) is 1. The molecule has 1 heterocycles. The summed E-state index contributed by atoms with van der Waals surface area (Å²) in [6.45, 7) is 2.75. The summed E-state index contributed by atoms with van der Waals surface area (Å²) < 4.78 is 24.6. The van der Waals surface area contributed by atoms with Crippen LogP contribution in [-0.4, -0.2) is 38.1 Å². The van der Waals surface area contributed by atoms with Gasteiger partial charge in [-0.3, -0.25) is 4.79 Å². The van der Waals surface area contributed by atoms with Crippen LogP contribution in [0.1, 0.15) is 18.1 Å². The molecule has 1 atom stereocenters. The van der Waals surface area contributed by atoms with Crippen molar-refractivity contribution in [2.45, 2.75) is 25.9 Å². The molecule has 19 heavy (non-hydrogen) atoms. The maximum atomic E-state index is 12.2. The van der Waals surface area contributed by atoms with Crippen molar-refractivity contribution in [1.29, 1.82) is 0 Å². The number of nitrogens with zero attached hydrogens (tertiary/aromatic N) is 1. The Morgan fingerprint density at radius 3 is 2.58 bits per heavy atom. The molecule has 0 aliphatic carbocycles. The van der Waals surface area contributed by atoms with Gasteiger partial charge >= 0.3 is 0 Å². The molecular formula is C13H18N2O3S. The van der Waals surface area contributed by atoms with E-state index in [-0.39, 0.29) is 5.91 Å². The van der Waals surface area contributed by atoms with Crippen LogP contribution in [0.5, 0.6) is 0 Å². The first-order valence-electron chi connectivity index (χ1n) is 6.20. The van der Waals surface area contributed by atoms with Gasteiger partial charge in [-0.2, -0.15) is 0 Å². The van der Waals surface area contributed by atoms with Gasteiger partial charge in [-0.05, 0) is 24.5 Å². The van der Waals surface area contributed by atoms with Crippen LogP contribution < -0.4 is 4.72 Å². The van der Waals surface area contributed by atoms with Gasteiger partial charge in [0, 0.05) is 13.1 Å². The van der Waals surface area contributed by atoms with E-state index in [9.17, 15) is 13.2 Å². The summed E-state index contributed by atoms with van der Waals surface area (Å²) in [5.41, 5.74) is 2.39. The molecule has 0 bridgehead atoms. The van der Waals surface area contributed by atoms with Crippen molar-refractivity contribution in [1.82, 2.24) is 9.62 Å². The van der Waals surface area contributed by atoms with Crippen LogP contribution in [0.4, 0.5) is 0 Å². The highest BCUT2D eigenvalue weighted by atomic mass is 32.2. The monoisotopic (exact) mass is 282 g/mol. The van der Waals surface area contributed by atoms with Crippen LogP contribution in [-0.2, 0) is 27.8 Å². The minimum Gasteiger partial charge on any atom is -0.337 e. The normalized spacial score (nSPS) is 16.8. The first kappa shape index (κ1) is 14.0. The number of rotatable bonds is 3. The molecule has 1 amide bonds. The van der Waals surface area contributed by atoms with E-state index in [0.717, 1.165) is 18.2 Å². The summed E-state index contributed by atoms with van der Waals surface area (Å²) >= 11 is 0. The molecule has 1 aliphatic rings. The molecule has 1 aromatic rings. The summed E-state index contributed by atoms with van der Waals surface area (Å²) in [5, 5.41) is 0. The Hall–Kier alpha value is -1.40. The Kier molecular flexibility index (Phi) is 3.91. The molecule has 0 unspecified atom stereocenters. The molecule has 1 aromatic carbocycles. The molecule has 1 N–H and O–H groups in total. The van der Waals surface area contributed by atoms with Gasteiger partial charge in [0.05, 0.1) is 12.3 Å². The molecule has 0 radical (unpaired) electrons. The standard InChI is InChI=1S/C13H18N2O3S/c1-10(14-19(2,17)18)13(16)15-8-7-11-5-3-4-6-12(11)9-15/h3-6,10,14H,7-9H2,1-2H3/t10-/m1/s1. The molecule has 104 valence electrons. The van der Waals surface area contributed by atoms with Crippen molar-refractivity contribution in [3.05, 3.63) is 35.4 Å². The lowest BCUT2D eigenvalue weighted by Crippen LogP contribution is -2.48. The van der Waals surface area contributed by atoms with Gasteiger partial charge < -0.3 is 4.90 Å². The van der Waals surface area contributed by atoms with Gasteiger partial charge in [0.15, 0.2) is 0 Å². The average Bonchev–Trinajstić information content (AvgIpc) is 2.35. The number of carbonyl (C=O) groups is 1. The second kappa shape index (κ2) is 5.30. The fourth-order valence-electron chi connectivity index (χ4n) is 2.33. The van der Waals surface area contributed by atoms with E-state index < -0.39 is 16.1 Å². The minimum absolute atomic E-state index is 0.181. The predicted molar refractivity (Wildman–Crippen MR) is 73.0 cm³/mol. The van der Waals surface area contributed by atoms with E-state index >= 15 is 0 Å².